The van der Waals surface area contributed by atoms with Crippen LogP contribution in [0.5, 0.6) is 0 Å². The van der Waals surface area contributed by atoms with Gasteiger partial charge in [-0.2, -0.15) is 0 Å². The molecule has 0 bridgehead atoms. The average molecular weight is 336 g/mol. The van der Waals surface area contributed by atoms with Crippen LogP contribution < -0.4 is 5.32 Å². The van der Waals surface area contributed by atoms with Gasteiger partial charge in [0.05, 0.1) is 24.7 Å². The number of hydrogen-bond acceptors (Lipinski definition) is 4. The SMILES string of the molecule is COC(=O)CSCC(=O)NC(C)c1ccc(Cl)cc1Cl. The molecule has 0 saturated heterocycles. The van der Waals surface area contributed by atoms with Crippen LogP contribution in [0.25, 0.3) is 0 Å². The van der Waals surface area contributed by atoms with Crippen molar-refractivity contribution in [3.63, 3.8) is 0 Å². The number of nitrogens with one attached hydrogen (secondary N) is 1. The lowest BCUT2D eigenvalue weighted by Gasteiger charge is -2.15. The maximum atomic E-state index is 11.7. The Hall–Kier alpha value is -0.910. The molecule has 1 aromatic carbocycles. The summed E-state index contributed by atoms with van der Waals surface area (Å²) in [6.45, 7) is 1.83. The topological polar surface area (TPSA) is 55.4 Å². The maximum absolute atomic E-state index is 11.7. The summed E-state index contributed by atoms with van der Waals surface area (Å²) in [5.74, 6) is -0.181. The van der Waals surface area contributed by atoms with E-state index in [1.54, 1.807) is 18.2 Å². The van der Waals surface area contributed by atoms with Gasteiger partial charge in [0.2, 0.25) is 5.91 Å². The molecule has 0 fully saturated rings. The molecule has 7 heteroatoms. The largest absolute Gasteiger partial charge is 0.468 e. The van der Waals surface area contributed by atoms with Gasteiger partial charge in [-0.1, -0.05) is 29.3 Å². The normalized spacial score (nSPS) is 11.8. The minimum absolute atomic E-state index is 0.153. The van der Waals surface area contributed by atoms with Crippen LogP contribution in [-0.2, 0) is 14.3 Å². The molecule has 1 aromatic rings. The van der Waals surface area contributed by atoms with Gasteiger partial charge in [-0.3, -0.25) is 9.59 Å². The quantitative estimate of drug-likeness (QED) is 0.811. The van der Waals surface area contributed by atoms with E-state index in [2.05, 4.69) is 10.1 Å². The summed E-state index contributed by atoms with van der Waals surface area (Å²) in [6, 6.07) is 4.90. The number of methoxy groups -OCH3 is 1. The first-order valence-electron chi connectivity index (χ1n) is 5.83. The third-order valence-corrected chi connectivity index (χ3v) is 3.96. The van der Waals surface area contributed by atoms with Crippen LogP contribution in [-0.4, -0.2) is 30.5 Å². The predicted molar refractivity (Wildman–Crippen MR) is 82.4 cm³/mol. The zero-order valence-corrected chi connectivity index (χ0v) is 13.4. The maximum Gasteiger partial charge on any atom is 0.315 e. The third kappa shape index (κ3) is 5.61. The third-order valence-electron chi connectivity index (χ3n) is 2.49. The molecule has 0 heterocycles. The number of esters is 1. The van der Waals surface area contributed by atoms with E-state index in [4.69, 9.17) is 23.2 Å². The van der Waals surface area contributed by atoms with Crippen LogP contribution in [0.2, 0.25) is 10.0 Å². The van der Waals surface area contributed by atoms with E-state index in [0.717, 1.165) is 5.56 Å². The molecule has 1 atom stereocenters. The number of amides is 1. The van der Waals surface area contributed by atoms with E-state index in [1.165, 1.54) is 18.9 Å². The number of ether oxygens (including phenoxy) is 1. The van der Waals surface area contributed by atoms with Gasteiger partial charge in [-0.25, -0.2) is 0 Å². The van der Waals surface area contributed by atoms with Crippen LogP contribution in [0, 0.1) is 0 Å². The Morgan fingerprint density at radius 2 is 2.05 bits per heavy atom. The molecule has 0 aliphatic rings. The van der Waals surface area contributed by atoms with Crippen LogP contribution in [0.15, 0.2) is 18.2 Å². The van der Waals surface area contributed by atoms with E-state index in [9.17, 15) is 9.59 Å². The van der Waals surface area contributed by atoms with Crippen molar-refractivity contribution in [3.8, 4) is 0 Å². The highest BCUT2D eigenvalue weighted by Gasteiger charge is 2.13. The number of rotatable bonds is 6. The molecule has 1 N–H and O–H groups in total. The van der Waals surface area contributed by atoms with E-state index in [-0.39, 0.29) is 29.4 Å². The first-order chi connectivity index (χ1) is 9.43. The van der Waals surface area contributed by atoms with Crippen molar-refractivity contribution in [2.75, 3.05) is 18.6 Å². The predicted octanol–water partition coefficient (Wildman–Crippen LogP) is 3.08. The summed E-state index contributed by atoms with van der Waals surface area (Å²) < 4.78 is 4.49. The van der Waals surface area contributed by atoms with Crippen molar-refractivity contribution < 1.29 is 14.3 Å². The van der Waals surface area contributed by atoms with Gasteiger partial charge in [0.1, 0.15) is 0 Å². The number of carbonyl (C=O) groups excluding carboxylic acids is 2. The molecule has 1 rings (SSSR count). The van der Waals surface area contributed by atoms with Crippen LogP contribution in [0.1, 0.15) is 18.5 Å². The summed E-state index contributed by atoms with van der Waals surface area (Å²) in [5.41, 5.74) is 0.794. The number of carbonyl (C=O) groups is 2. The minimum atomic E-state index is -0.350. The van der Waals surface area contributed by atoms with Gasteiger partial charge in [-0.05, 0) is 24.6 Å². The van der Waals surface area contributed by atoms with E-state index >= 15 is 0 Å². The lowest BCUT2D eigenvalue weighted by molar-refractivity contribution is -0.137. The van der Waals surface area contributed by atoms with Gasteiger partial charge < -0.3 is 10.1 Å². The molecule has 0 saturated carbocycles. The lowest BCUT2D eigenvalue weighted by atomic mass is 10.1. The fourth-order valence-electron chi connectivity index (χ4n) is 1.50. The second-order valence-electron chi connectivity index (χ2n) is 4.02. The molecule has 1 unspecified atom stereocenters. The molecule has 1 amide bonds. The second kappa shape index (κ2) is 8.39. The van der Waals surface area contributed by atoms with Crippen LogP contribution >= 0.6 is 35.0 Å². The Morgan fingerprint density at radius 1 is 1.35 bits per heavy atom. The summed E-state index contributed by atoms with van der Waals surface area (Å²) in [7, 11) is 1.31. The highest BCUT2D eigenvalue weighted by molar-refractivity contribution is 8.00. The van der Waals surface area contributed by atoms with Gasteiger partial charge in [0, 0.05) is 10.0 Å². The molecule has 0 aliphatic carbocycles. The highest BCUT2D eigenvalue weighted by Crippen LogP contribution is 2.26. The molecular formula is C13H15Cl2NO3S. The minimum Gasteiger partial charge on any atom is -0.468 e. The van der Waals surface area contributed by atoms with Crippen molar-refractivity contribution in [2.45, 2.75) is 13.0 Å². The van der Waals surface area contributed by atoms with E-state index in [1.807, 2.05) is 6.92 Å². The van der Waals surface area contributed by atoms with E-state index in [0.29, 0.717) is 10.0 Å². The van der Waals surface area contributed by atoms with Crippen LogP contribution in [0.3, 0.4) is 0 Å². The Balaban J connectivity index is 2.47. The number of hydrogen-bond donors (Lipinski definition) is 1. The first kappa shape index (κ1) is 17.1. The molecule has 110 valence electrons. The molecule has 0 aliphatic heterocycles. The molecule has 4 nitrogen and oxygen atoms in total. The Kier molecular flexibility index (Phi) is 7.19. The van der Waals surface area contributed by atoms with Crippen molar-refractivity contribution in [3.05, 3.63) is 33.8 Å². The fourth-order valence-corrected chi connectivity index (χ4v) is 2.73. The Bertz CT molecular complexity index is 497. The standard InChI is InChI=1S/C13H15Cl2NO3S/c1-8(10-4-3-9(14)5-11(10)15)16-12(17)6-20-7-13(18)19-2/h3-5,8H,6-7H2,1-2H3,(H,16,17). The monoisotopic (exact) mass is 335 g/mol. The van der Waals surface area contributed by atoms with Crippen molar-refractivity contribution >= 4 is 46.8 Å². The van der Waals surface area contributed by atoms with Gasteiger partial charge >= 0.3 is 5.97 Å². The second-order valence-corrected chi connectivity index (χ2v) is 5.85. The van der Waals surface area contributed by atoms with Crippen molar-refractivity contribution in [2.24, 2.45) is 0 Å². The van der Waals surface area contributed by atoms with Gasteiger partial charge in [-0.15, -0.1) is 11.8 Å². The first-order valence-corrected chi connectivity index (χ1v) is 7.74. The summed E-state index contributed by atoms with van der Waals surface area (Å²) in [4.78, 5) is 22.6. The highest BCUT2D eigenvalue weighted by atomic mass is 35.5. The molecule has 0 spiro atoms. The Morgan fingerprint density at radius 3 is 2.65 bits per heavy atom. The molecule has 20 heavy (non-hydrogen) atoms. The smallest absolute Gasteiger partial charge is 0.315 e. The summed E-state index contributed by atoms with van der Waals surface area (Å²) >= 11 is 13.1. The molecule has 0 aromatic heterocycles. The number of thioether (sulfide) groups is 1. The average Bonchev–Trinajstić information content (AvgIpc) is 2.38. The lowest BCUT2D eigenvalue weighted by Crippen LogP contribution is -2.28. The number of halogens is 2. The van der Waals surface area contributed by atoms with Crippen LogP contribution in [0.4, 0.5) is 0 Å². The Labute approximate surface area is 132 Å². The number of benzene rings is 1. The molecular weight excluding hydrogens is 321 g/mol. The zero-order chi connectivity index (χ0) is 15.1. The summed E-state index contributed by atoms with van der Waals surface area (Å²) in [5, 5.41) is 3.86. The zero-order valence-electron chi connectivity index (χ0n) is 11.1. The van der Waals surface area contributed by atoms with Crippen molar-refractivity contribution in [1.82, 2.24) is 5.32 Å². The van der Waals surface area contributed by atoms with Gasteiger partial charge in [0.15, 0.2) is 0 Å². The molecule has 0 radical (unpaired) electrons. The van der Waals surface area contributed by atoms with E-state index < -0.39 is 0 Å². The summed E-state index contributed by atoms with van der Waals surface area (Å²) in [6.07, 6.45) is 0. The fraction of sp³-hybridized carbons (Fsp3) is 0.385. The van der Waals surface area contributed by atoms with Crippen molar-refractivity contribution in [1.29, 1.82) is 0 Å². The van der Waals surface area contributed by atoms with Gasteiger partial charge in [0.25, 0.3) is 0 Å².